The van der Waals surface area contributed by atoms with E-state index in [0.29, 0.717) is 17.6 Å². The molecular weight excluding hydrogens is 293 g/mol. The van der Waals surface area contributed by atoms with E-state index >= 15 is 0 Å². The topological polar surface area (TPSA) is 33.5 Å². The third-order valence-corrected chi connectivity index (χ3v) is 4.64. The number of carbonyl (C=O) groups is 1. The van der Waals surface area contributed by atoms with Gasteiger partial charge in [0.05, 0.1) is 0 Å². The van der Waals surface area contributed by atoms with Crippen LogP contribution >= 0.6 is 0 Å². The minimum absolute atomic E-state index is 0.0785. The van der Waals surface area contributed by atoms with Gasteiger partial charge in [-0.2, -0.15) is 0 Å². The van der Waals surface area contributed by atoms with Crippen LogP contribution in [0.4, 0.5) is 4.39 Å². The number of benzene rings is 1. The zero-order chi connectivity index (χ0) is 16.2. The Morgan fingerprint density at radius 2 is 1.70 bits per heavy atom. The molecule has 0 N–H and O–H groups in total. The Labute approximate surface area is 136 Å². The van der Waals surface area contributed by atoms with E-state index in [9.17, 15) is 9.18 Å². The third kappa shape index (κ3) is 3.63. The molecule has 1 fully saturated rings. The lowest BCUT2D eigenvalue weighted by Gasteiger charge is -2.26. The molecule has 4 heteroatoms. The summed E-state index contributed by atoms with van der Waals surface area (Å²) in [5, 5.41) is 0. The van der Waals surface area contributed by atoms with Gasteiger partial charge >= 0.3 is 0 Å². The predicted octanol–water partition coefficient (Wildman–Crippen LogP) is 4.88. The van der Waals surface area contributed by atoms with Crippen LogP contribution in [0.25, 0.3) is 11.3 Å². The van der Waals surface area contributed by atoms with Gasteiger partial charge < -0.3 is 9.32 Å². The summed E-state index contributed by atoms with van der Waals surface area (Å²) in [6, 6.07) is 9.84. The summed E-state index contributed by atoms with van der Waals surface area (Å²) in [5.74, 6) is 0.564. The van der Waals surface area contributed by atoms with E-state index in [1.54, 1.807) is 24.3 Å². The Bertz CT molecular complexity index is 654. The Morgan fingerprint density at radius 1 is 1.04 bits per heavy atom. The zero-order valence-corrected chi connectivity index (χ0v) is 13.4. The highest BCUT2D eigenvalue weighted by Crippen LogP contribution is 2.25. The van der Waals surface area contributed by atoms with Gasteiger partial charge in [-0.3, -0.25) is 4.79 Å². The monoisotopic (exact) mass is 315 g/mol. The summed E-state index contributed by atoms with van der Waals surface area (Å²) in [6.45, 7) is 0. The van der Waals surface area contributed by atoms with Gasteiger partial charge in [0.25, 0.3) is 5.91 Å². The van der Waals surface area contributed by atoms with Crippen LogP contribution in [0.1, 0.15) is 49.1 Å². The molecule has 0 unspecified atom stereocenters. The maximum absolute atomic E-state index is 13.0. The number of nitrogens with zero attached hydrogens (tertiary/aromatic N) is 1. The van der Waals surface area contributed by atoms with Crippen LogP contribution in [0.3, 0.4) is 0 Å². The van der Waals surface area contributed by atoms with Gasteiger partial charge in [-0.15, -0.1) is 0 Å². The van der Waals surface area contributed by atoms with Crippen LogP contribution < -0.4 is 0 Å². The summed E-state index contributed by atoms with van der Waals surface area (Å²) in [6.07, 6.45) is 7.01. The molecule has 1 aliphatic rings. The Kier molecular flexibility index (Phi) is 4.79. The molecule has 0 aliphatic heterocycles. The van der Waals surface area contributed by atoms with Crippen LogP contribution in [0, 0.1) is 5.82 Å². The number of furan rings is 1. The minimum atomic E-state index is -0.287. The Morgan fingerprint density at radius 3 is 2.35 bits per heavy atom. The van der Waals surface area contributed by atoms with E-state index in [0.717, 1.165) is 18.4 Å². The van der Waals surface area contributed by atoms with Crippen molar-refractivity contribution in [2.24, 2.45) is 0 Å². The van der Waals surface area contributed by atoms with E-state index in [1.807, 2.05) is 11.9 Å². The van der Waals surface area contributed by atoms with Crippen LogP contribution in [-0.4, -0.2) is 23.9 Å². The molecule has 3 nitrogen and oxygen atoms in total. The lowest BCUT2D eigenvalue weighted by molar-refractivity contribution is 0.0686. The first kappa shape index (κ1) is 15.8. The van der Waals surface area contributed by atoms with Crippen molar-refractivity contribution in [2.75, 3.05) is 7.05 Å². The number of hydrogen-bond acceptors (Lipinski definition) is 2. The highest BCUT2D eigenvalue weighted by molar-refractivity contribution is 5.92. The fourth-order valence-electron chi connectivity index (χ4n) is 3.21. The molecule has 1 aromatic carbocycles. The first-order valence-corrected chi connectivity index (χ1v) is 8.28. The molecule has 0 saturated heterocycles. The molecule has 0 atom stereocenters. The number of amides is 1. The minimum Gasteiger partial charge on any atom is -0.451 e. The summed E-state index contributed by atoms with van der Waals surface area (Å²) >= 11 is 0. The third-order valence-electron chi connectivity index (χ3n) is 4.64. The normalized spacial score (nSPS) is 16.1. The number of halogens is 1. The molecule has 1 aromatic heterocycles. The number of hydrogen-bond donors (Lipinski definition) is 0. The molecule has 1 heterocycles. The lowest BCUT2D eigenvalue weighted by atomic mass is 10.1. The van der Waals surface area contributed by atoms with Crippen LogP contribution in [0.15, 0.2) is 40.8 Å². The van der Waals surface area contributed by atoms with Crippen molar-refractivity contribution < 1.29 is 13.6 Å². The molecule has 23 heavy (non-hydrogen) atoms. The van der Waals surface area contributed by atoms with E-state index in [1.165, 1.54) is 37.8 Å². The van der Waals surface area contributed by atoms with E-state index in [2.05, 4.69) is 0 Å². The lowest BCUT2D eigenvalue weighted by Crippen LogP contribution is -2.36. The largest absolute Gasteiger partial charge is 0.451 e. The second-order valence-electron chi connectivity index (χ2n) is 6.23. The Balaban J connectivity index is 1.73. The SMILES string of the molecule is CN(C(=O)c1ccc(-c2ccc(F)cc2)o1)C1CCCCCC1. The maximum Gasteiger partial charge on any atom is 0.289 e. The molecule has 0 bridgehead atoms. The molecule has 1 aliphatic carbocycles. The molecule has 122 valence electrons. The zero-order valence-electron chi connectivity index (χ0n) is 13.4. The van der Waals surface area contributed by atoms with Gasteiger partial charge in [-0.25, -0.2) is 4.39 Å². The van der Waals surface area contributed by atoms with Gasteiger partial charge in [0, 0.05) is 18.7 Å². The van der Waals surface area contributed by atoms with E-state index in [4.69, 9.17) is 4.42 Å². The highest BCUT2D eigenvalue weighted by Gasteiger charge is 2.24. The standard InChI is InChI=1S/C19H22FNO2/c1-21(16-6-4-2-3-5-7-16)19(22)18-13-12-17(23-18)14-8-10-15(20)11-9-14/h8-13,16H,2-7H2,1H3. The molecule has 0 spiro atoms. The fraction of sp³-hybridized carbons (Fsp3) is 0.421. The van der Waals surface area contributed by atoms with Gasteiger partial charge in [-0.05, 0) is 49.2 Å². The smallest absolute Gasteiger partial charge is 0.289 e. The average Bonchev–Trinajstić information content (AvgIpc) is 2.89. The predicted molar refractivity (Wildman–Crippen MR) is 87.7 cm³/mol. The second-order valence-corrected chi connectivity index (χ2v) is 6.23. The fourth-order valence-corrected chi connectivity index (χ4v) is 3.21. The van der Waals surface area contributed by atoms with Gasteiger partial charge in [-0.1, -0.05) is 25.7 Å². The van der Waals surface area contributed by atoms with Crippen molar-refractivity contribution in [2.45, 2.75) is 44.6 Å². The second kappa shape index (κ2) is 6.99. The first-order chi connectivity index (χ1) is 11.1. The van der Waals surface area contributed by atoms with Crippen molar-refractivity contribution in [3.8, 4) is 11.3 Å². The van der Waals surface area contributed by atoms with Crippen LogP contribution in [0.5, 0.6) is 0 Å². The maximum atomic E-state index is 13.0. The molecule has 1 saturated carbocycles. The first-order valence-electron chi connectivity index (χ1n) is 8.28. The summed E-state index contributed by atoms with van der Waals surface area (Å²) in [7, 11) is 1.86. The average molecular weight is 315 g/mol. The molecule has 3 rings (SSSR count). The number of rotatable bonds is 3. The van der Waals surface area contributed by atoms with Crippen molar-refractivity contribution in [1.82, 2.24) is 4.90 Å². The van der Waals surface area contributed by atoms with E-state index in [-0.39, 0.29) is 11.7 Å². The summed E-state index contributed by atoms with van der Waals surface area (Å²) in [4.78, 5) is 14.4. The van der Waals surface area contributed by atoms with Crippen molar-refractivity contribution in [3.63, 3.8) is 0 Å². The molecular formula is C19H22FNO2. The van der Waals surface area contributed by atoms with Gasteiger partial charge in [0.2, 0.25) is 0 Å². The van der Waals surface area contributed by atoms with Gasteiger partial charge in [0.1, 0.15) is 11.6 Å². The Hall–Kier alpha value is -2.10. The summed E-state index contributed by atoms with van der Waals surface area (Å²) in [5.41, 5.74) is 0.766. The molecule has 2 aromatic rings. The van der Waals surface area contributed by atoms with E-state index < -0.39 is 0 Å². The quantitative estimate of drug-likeness (QED) is 0.756. The van der Waals surface area contributed by atoms with Crippen molar-refractivity contribution in [3.05, 3.63) is 48.0 Å². The van der Waals surface area contributed by atoms with Gasteiger partial charge in [0.15, 0.2) is 5.76 Å². The summed E-state index contributed by atoms with van der Waals surface area (Å²) < 4.78 is 18.7. The van der Waals surface area contributed by atoms with Crippen LogP contribution in [0.2, 0.25) is 0 Å². The number of carbonyl (C=O) groups excluding carboxylic acids is 1. The molecule has 0 radical (unpaired) electrons. The van der Waals surface area contributed by atoms with Crippen LogP contribution in [-0.2, 0) is 0 Å². The van der Waals surface area contributed by atoms with Crippen molar-refractivity contribution in [1.29, 1.82) is 0 Å². The molecule has 1 amide bonds. The highest BCUT2D eigenvalue weighted by atomic mass is 19.1. The van der Waals surface area contributed by atoms with Crippen molar-refractivity contribution >= 4 is 5.91 Å².